The smallest absolute Gasteiger partial charge is 0.120 e. The van der Waals surface area contributed by atoms with Crippen molar-refractivity contribution in [2.75, 3.05) is 0 Å². The lowest BCUT2D eigenvalue weighted by Crippen LogP contribution is -2.19. The first kappa shape index (κ1) is 11.9. The van der Waals surface area contributed by atoms with Gasteiger partial charge in [0.25, 0.3) is 0 Å². The first-order valence-electron chi connectivity index (χ1n) is 6.54. The summed E-state index contributed by atoms with van der Waals surface area (Å²) < 4.78 is 0. The summed E-state index contributed by atoms with van der Waals surface area (Å²) in [7, 11) is 0. The van der Waals surface area contributed by atoms with Gasteiger partial charge in [-0.2, -0.15) is 0 Å². The molecule has 1 aromatic heterocycles. The van der Waals surface area contributed by atoms with Crippen molar-refractivity contribution in [1.29, 1.82) is 0 Å². The van der Waals surface area contributed by atoms with Gasteiger partial charge in [0.05, 0.1) is 6.54 Å². The average Bonchev–Trinajstić information content (AvgIpc) is 2.97. The molecule has 2 aromatic carbocycles. The minimum absolute atomic E-state index is 0.288. The largest absolute Gasteiger partial charge is 0.348 e. The highest BCUT2D eigenvalue weighted by molar-refractivity contribution is 5.86. The maximum atomic E-state index is 4.23. The summed E-state index contributed by atoms with van der Waals surface area (Å²) in [6, 6.07) is 15.2. The highest BCUT2D eigenvalue weighted by atomic mass is 15.0. The zero-order valence-electron chi connectivity index (χ0n) is 10.9. The summed E-state index contributed by atoms with van der Waals surface area (Å²) >= 11 is 0. The van der Waals surface area contributed by atoms with E-state index >= 15 is 0 Å². The normalized spacial score (nSPS) is 12.7. The molecule has 3 nitrogen and oxygen atoms in total. The number of H-pyrrole nitrogens is 1. The number of fused-ring (bicyclic) bond motifs is 1. The Bertz CT molecular complexity index is 653. The number of aromatic nitrogens is 2. The Morgan fingerprint density at radius 2 is 2.00 bits per heavy atom. The summed E-state index contributed by atoms with van der Waals surface area (Å²) in [6.07, 6.45) is 3.62. The number of nitrogens with one attached hydrogen (secondary N) is 2. The van der Waals surface area contributed by atoms with Gasteiger partial charge in [-0.25, -0.2) is 4.98 Å². The van der Waals surface area contributed by atoms with Gasteiger partial charge in [-0.15, -0.1) is 0 Å². The molecule has 0 aliphatic carbocycles. The molecule has 0 fully saturated rings. The molecule has 0 saturated heterocycles. The van der Waals surface area contributed by atoms with Crippen LogP contribution in [0.4, 0.5) is 0 Å². The minimum Gasteiger partial charge on any atom is -0.348 e. The van der Waals surface area contributed by atoms with Crippen molar-refractivity contribution in [1.82, 2.24) is 15.3 Å². The van der Waals surface area contributed by atoms with Gasteiger partial charge in [0.15, 0.2) is 0 Å². The van der Waals surface area contributed by atoms with Crippen molar-refractivity contribution in [2.45, 2.75) is 19.5 Å². The standard InChI is InChI=1S/C16H17N3/c1-12(19-11-16-17-9-10-18-16)14-8-4-6-13-5-2-3-7-15(13)14/h2-10,12,19H,11H2,1H3,(H,17,18). The first-order valence-corrected chi connectivity index (χ1v) is 6.54. The highest BCUT2D eigenvalue weighted by Gasteiger charge is 2.08. The van der Waals surface area contributed by atoms with E-state index in [9.17, 15) is 0 Å². The van der Waals surface area contributed by atoms with E-state index < -0.39 is 0 Å². The zero-order chi connectivity index (χ0) is 13.1. The topological polar surface area (TPSA) is 40.7 Å². The zero-order valence-corrected chi connectivity index (χ0v) is 10.9. The Morgan fingerprint density at radius 1 is 1.16 bits per heavy atom. The van der Waals surface area contributed by atoms with E-state index in [1.807, 2.05) is 6.20 Å². The second kappa shape index (κ2) is 5.24. The van der Waals surface area contributed by atoms with Crippen LogP contribution >= 0.6 is 0 Å². The lowest BCUT2D eigenvalue weighted by molar-refractivity contribution is 0.565. The highest BCUT2D eigenvalue weighted by Crippen LogP contribution is 2.24. The van der Waals surface area contributed by atoms with E-state index in [1.54, 1.807) is 6.20 Å². The molecule has 3 rings (SSSR count). The lowest BCUT2D eigenvalue weighted by atomic mass is 10.00. The third kappa shape index (κ3) is 2.51. The van der Waals surface area contributed by atoms with E-state index in [4.69, 9.17) is 0 Å². The van der Waals surface area contributed by atoms with Crippen LogP contribution in [0, 0.1) is 0 Å². The summed E-state index contributed by atoms with van der Waals surface area (Å²) in [4.78, 5) is 7.33. The van der Waals surface area contributed by atoms with Crippen LogP contribution in [0.2, 0.25) is 0 Å². The summed E-state index contributed by atoms with van der Waals surface area (Å²) in [6.45, 7) is 2.93. The molecule has 0 spiro atoms. The molecular formula is C16H17N3. The Hall–Kier alpha value is -2.13. The number of imidazole rings is 1. The van der Waals surface area contributed by atoms with Gasteiger partial charge in [-0.3, -0.25) is 0 Å². The molecule has 96 valence electrons. The number of benzene rings is 2. The second-order valence-corrected chi connectivity index (χ2v) is 4.71. The molecule has 0 radical (unpaired) electrons. The second-order valence-electron chi connectivity index (χ2n) is 4.71. The number of rotatable bonds is 4. The SMILES string of the molecule is CC(NCc1ncc[nH]1)c1cccc2ccccc12. The average molecular weight is 251 g/mol. The molecule has 0 amide bonds. The molecule has 3 aromatic rings. The van der Waals surface area contributed by atoms with Crippen molar-refractivity contribution in [2.24, 2.45) is 0 Å². The molecule has 0 aliphatic rings. The molecule has 0 aliphatic heterocycles. The third-order valence-corrected chi connectivity index (χ3v) is 3.42. The first-order chi connectivity index (χ1) is 9.34. The molecule has 19 heavy (non-hydrogen) atoms. The third-order valence-electron chi connectivity index (χ3n) is 3.42. The monoisotopic (exact) mass is 251 g/mol. The van der Waals surface area contributed by atoms with E-state index in [1.165, 1.54) is 16.3 Å². The number of nitrogens with zero attached hydrogens (tertiary/aromatic N) is 1. The quantitative estimate of drug-likeness (QED) is 0.746. The predicted octanol–water partition coefficient (Wildman–Crippen LogP) is 3.41. The van der Waals surface area contributed by atoms with E-state index in [2.05, 4.69) is 64.7 Å². The molecule has 2 N–H and O–H groups in total. The Balaban J connectivity index is 1.83. The van der Waals surface area contributed by atoms with Crippen LogP contribution in [-0.4, -0.2) is 9.97 Å². The van der Waals surface area contributed by atoms with Crippen LogP contribution in [0.15, 0.2) is 54.9 Å². The van der Waals surface area contributed by atoms with Gasteiger partial charge >= 0.3 is 0 Å². The maximum Gasteiger partial charge on any atom is 0.120 e. The summed E-state index contributed by atoms with van der Waals surface area (Å²) in [5.41, 5.74) is 1.32. The maximum absolute atomic E-state index is 4.23. The van der Waals surface area contributed by atoms with Crippen molar-refractivity contribution in [3.63, 3.8) is 0 Å². The number of hydrogen-bond donors (Lipinski definition) is 2. The van der Waals surface area contributed by atoms with Crippen molar-refractivity contribution in [3.05, 3.63) is 66.2 Å². The van der Waals surface area contributed by atoms with E-state index in [-0.39, 0.29) is 6.04 Å². The van der Waals surface area contributed by atoms with Crippen molar-refractivity contribution < 1.29 is 0 Å². The van der Waals surface area contributed by atoms with Gasteiger partial charge < -0.3 is 10.3 Å². The van der Waals surface area contributed by atoms with Crippen LogP contribution in [0.1, 0.15) is 24.4 Å². The van der Waals surface area contributed by atoms with Gasteiger partial charge in [0.2, 0.25) is 0 Å². The van der Waals surface area contributed by atoms with Crippen molar-refractivity contribution >= 4 is 10.8 Å². The van der Waals surface area contributed by atoms with Gasteiger partial charge in [-0.05, 0) is 23.3 Å². The fraction of sp³-hybridized carbons (Fsp3) is 0.188. The van der Waals surface area contributed by atoms with Crippen LogP contribution in [-0.2, 0) is 6.54 Å². The summed E-state index contributed by atoms with van der Waals surface area (Å²) in [5, 5.41) is 6.09. The molecule has 1 atom stereocenters. The fourth-order valence-corrected chi connectivity index (χ4v) is 2.38. The van der Waals surface area contributed by atoms with Crippen LogP contribution < -0.4 is 5.32 Å². The minimum atomic E-state index is 0.288. The molecule has 1 unspecified atom stereocenters. The van der Waals surface area contributed by atoms with Crippen LogP contribution in [0.5, 0.6) is 0 Å². The van der Waals surface area contributed by atoms with Gasteiger partial charge in [0, 0.05) is 18.4 Å². The molecule has 0 bridgehead atoms. The van der Waals surface area contributed by atoms with Crippen molar-refractivity contribution in [3.8, 4) is 0 Å². The molecule has 1 heterocycles. The Kier molecular flexibility index (Phi) is 3.29. The van der Waals surface area contributed by atoms with Crippen LogP contribution in [0.25, 0.3) is 10.8 Å². The number of aromatic amines is 1. The van der Waals surface area contributed by atoms with E-state index in [0.29, 0.717) is 0 Å². The van der Waals surface area contributed by atoms with E-state index in [0.717, 1.165) is 12.4 Å². The fourth-order valence-electron chi connectivity index (χ4n) is 2.38. The summed E-state index contributed by atoms with van der Waals surface area (Å²) in [5.74, 6) is 0.965. The Morgan fingerprint density at radius 3 is 2.84 bits per heavy atom. The molecule has 0 saturated carbocycles. The van der Waals surface area contributed by atoms with Crippen LogP contribution in [0.3, 0.4) is 0 Å². The molecular weight excluding hydrogens is 234 g/mol. The molecule has 3 heteroatoms. The lowest BCUT2D eigenvalue weighted by Gasteiger charge is -2.15. The van der Waals surface area contributed by atoms with Gasteiger partial charge in [0.1, 0.15) is 5.82 Å². The number of hydrogen-bond acceptors (Lipinski definition) is 2. The Labute approximate surface area is 112 Å². The predicted molar refractivity (Wildman–Crippen MR) is 77.8 cm³/mol. The van der Waals surface area contributed by atoms with Gasteiger partial charge in [-0.1, -0.05) is 42.5 Å².